The van der Waals surface area contributed by atoms with E-state index in [-0.39, 0.29) is 18.1 Å². The average Bonchev–Trinajstić information content (AvgIpc) is 2.61. The van der Waals surface area contributed by atoms with Gasteiger partial charge in [0.05, 0.1) is 6.54 Å². The second-order valence-electron chi connectivity index (χ2n) is 3.38. The number of likely N-dealkylation sites (N-methyl/N-ethyl adjacent to an activating group) is 1. The van der Waals surface area contributed by atoms with E-state index in [9.17, 15) is 4.79 Å². The van der Waals surface area contributed by atoms with E-state index in [1.54, 1.807) is 26.2 Å². The molecule has 1 saturated heterocycles. The lowest BCUT2D eigenvalue weighted by molar-refractivity contribution is -0.129. The predicted molar refractivity (Wildman–Crippen MR) is 52.1 cm³/mol. The summed E-state index contributed by atoms with van der Waals surface area (Å²) in [5.74, 6) is 0.0918. The van der Waals surface area contributed by atoms with Crippen LogP contribution in [0, 0.1) is 0 Å². The standard InChI is InChI=1S/C9H18N2O3/c1-10-4-9(12)11-5-7(13-2)8(6-11)14-3/h7-8,10H,4-6H2,1-3H3/t7-,8-/m0/s1. The number of hydrogen-bond donors (Lipinski definition) is 1. The molecule has 0 aliphatic carbocycles. The molecule has 1 aliphatic heterocycles. The fourth-order valence-corrected chi connectivity index (χ4v) is 1.66. The fourth-order valence-electron chi connectivity index (χ4n) is 1.66. The maximum Gasteiger partial charge on any atom is 0.236 e. The van der Waals surface area contributed by atoms with Crippen LogP contribution in [0.3, 0.4) is 0 Å². The Morgan fingerprint density at radius 3 is 2.21 bits per heavy atom. The lowest BCUT2D eigenvalue weighted by Gasteiger charge is -2.14. The van der Waals surface area contributed by atoms with E-state index in [1.165, 1.54) is 0 Å². The van der Waals surface area contributed by atoms with E-state index in [0.717, 1.165) is 0 Å². The number of rotatable bonds is 4. The highest BCUT2D eigenvalue weighted by Crippen LogP contribution is 2.15. The molecule has 1 rings (SSSR count). The molecule has 0 saturated carbocycles. The van der Waals surface area contributed by atoms with Crippen molar-refractivity contribution in [3.63, 3.8) is 0 Å². The Kier molecular flexibility index (Phi) is 4.31. The van der Waals surface area contributed by atoms with Crippen molar-refractivity contribution >= 4 is 5.91 Å². The molecule has 1 aliphatic rings. The summed E-state index contributed by atoms with van der Waals surface area (Å²) in [6.07, 6.45) is 0.00149. The number of nitrogens with one attached hydrogen (secondary N) is 1. The number of nitrogens with zero attached hydrogens (tertiary/aromatic N) is 1. The van der Waals surface area contributed by atoms with Crippen molar-refractivity contribution < 1.29 is 14.3 Å². The monoisotopic (exact) mass is 202 g/mol. The molecule has 0 radical (unpaired) electrons. The highest BCUT2D eigenvalue weighted by Gasteiger charge is 2.34. The zero-order valence-corrected chi connectivity index (χ0v) is 8.95. The first kappa shape index (κ1) is 11.4. The predicted octanol–water partition coefficient (Wildman–Crippen LogP) is -0.922. The molecule has 2 atom stereocenters. The van der Waals surface area contributed by atoms with E-state index in [0.29, 0.717) is 19.6 Å². The summed E-state index contributed by atoms with van der Waals surface area (Å²) in [6, 6.07) is 0. The number of carbonyl (C=O) groups excluding carboxylic acids is 1. The van der Waals surface area contributed by atoms with Crippen molar-refractivity contribution in [3.8, 4) is 0 Å². The maximum absolute atomic E-state index is 11.5. The van der Waals surface area contributed by atoms with Crippen molar-refractivity contribution in [1.29, 1.82) is 0 Å². The first-order valence-electron chi connectivity index (χ1n) is 4.71. The number of likely N-dealkylation sites (tertiary alicyclic amines) is 1. The SMILES string of the molecule is CNCC(=O)N1C[C@H](OC)[C@@H](OC)C1. The van der Waals surface area contributed by atoms with Crippen molar-refractivity contribution in [2.75, 3.05) is 40.9 Å². The van der Waals surface area contributed by atoms with Gasteiger partial charge in [-0.2, -0.15) is 0 Å². The van der Waals surface area contributed by atoms with Gasteiger partial charge < -0.3 is 19.7 Å². The van der Waals surface area contributed by atoms with Crippen LogP contribution in [0.2, 0.25) is 0 Å². The van der Waals surface area contributed by atoms with Crippen LogP contribution in [-0.2, 0) is 14.3 Å². The molecule has 1 heterocycles. The molecule has 0 unspecified atom stereocenters. The number of amides is 1. The topological polar surface area (TPSA) is 50.8 Å². The Labute approximate surface area is 84.4 Å². The third-order valence-corrected chi connectivity index (χ3v) is 2.50. The van der Waals surface area contributed by atoms with Gasteiger partial charge in [-0.3, -0.25) is 4.79 Å². The smallest absolute Gasteiger partial charge is 0.236 e. The number of ether oxygens (including phenoxy) is 2. The summed E-state index contributed by atoms with van der Waals surface area (Å²) in [4.78, 5) is 13.3. The summed E-state index contributed by atoms with van der Waals surface area (Å²) in [6.45, 7) is 1.61. The average molecular weight is 202 g/mol. The van der Waals surface area contributed by atoms with Gasteiger partial charge in [0.25, 0.3) is 0 Å². The minimum atomic E-state index is 0.000746. The Hall–Kier alpha value is -0.650. The van der Waals surface area contributed by atoms with Crippen molar-refractivity contribution in [3.05, 3.63) is 0 Å². The van der Waals surface area contributed by atoms with Gasteiger partial charge in [-0.05, 0) is 7.05 Å². The molecule has 5 heteroatoms. The van der Waals surface area contributed by atoms with Crippen LogP contribution >= 0.6 is 0 Å². The molecule has 5 nitrogen and oxygen atoms in total. The van der Waals surface area contributed by atoms with Crippen molar-refractivity contribution in [1.82, 2.24) is 10.2 Å². The van der Waals surface area contributed by atoms with Crippen LogP contribution < -0.4 is 5.32 Å². The van der Waals surface area contributed by atoms with E-state index in [1.807, 2.05) is 0 Å². The van der Waals surface area contributed by atoms with Crippen LogP contribution in [0.1, 0.15) is 0 Å². The van der Waals surface area contributed by atoms with Gasteiger partial charge in [0.1, 0.15) is 12.2 Å². The summed E-state index contributed by atoms with van der Waals surface area (Å²) in [7, 11) is 5.04. The quantitative estimate of drug-likeness (QED) is 0.640. The molecule has 1 fully saturated rings. The Balaban J connectivity index is 2.48. The second-order valence-corrected chi connectivity index (χ2v) is 3.38. The molecule has 1 amide bonds. The first-order valence-corrected chi connectivity index (χ1v) is 4.71. The molecule has 82 valence electrons. The van der Waals surface area contributed by atoms with Gasteiger partial charge in [0.15, 0.2) is 0 Å². The van der Waals surface area contributed by atoms with E-state index in [4.69, 9.17) is 9.47 Å². The van der Waals surface area contributed by atoms with E-state index < -0.39 is 0 Å². The molecule has 1 N–H and O–H groups in total. The van der Waals surface area contributed by atoms with Crippen LogP contribution in [0.4, 0.5) is 0 Å². The largest absolute Gasteiger partial charge is 0.377 e. The number of carbonyl (C=O) groups is 1. The highest BCUT2D eigenvalue weighted by molar-refractivity contribution is 5.78. The normalized spacial score (nSPS) is 26.9. The summed E-state index contributed by atoms with van der Waals surface area (Å²) < 4.78 is 10.5. The zero-order valence-electron chi connectivity index (χ0n) is 8.95. The Morgan fingerprint density at radius 2 is 1.86 bits per heavy atom. The van der Waals surface area contributed by atoms with Gasteiger partial charge in [-0.1, -0.05) is 0 Å². The van der Waals surface area contributed by atoms with Crippen LogP contribution in [0.5, 0.6) is 0 Å². The van der Waals surface area contributed by atoms with Gasteiger partial charge in [0, 0.05) is 27.3 Å². The molecule has 0 spiro atoms. The minimum Gasteiger partial charge on any atom is -0.377 e. The lowest BCUT2D eigenvalue weighted by atomic mass is 10.3. The van der Waals surface area contributed by atoms with Crippen LogP contribution in [-0.4, -0.2) is 63.9 Å². The van der Waals surface area contributed by atoms with Gasteiger partial charge in [-0.15, -0.1) is 0 Å². The molecular formula is C9H18N2O3. The van der Waals surface area contributed by atoms with Crippen LogP contribution in [0.15, 0.2) is 0 Å². The molecule has 0 aromatic carbocycles. The maximum atomic E-state index is 11.5. The molecule has 14 heavy (non-hydrogen) atoms. The van der Waals surface area contributed by atoms with Crippen molar-refractivity contribution in [2.45, 2.75) is 12.2 Å². The number of methoxy groups -OCH3 is 2. The first-order chi connectivity index (χ1) is 6.72. The van der Waals surface area contributed by atoms with E-state index >= 15 is 0 Å². The van der Waals surface area contributed by atoms with E-state index in [2.05, 4.69) is 5.32 Å². The summed E-state index contributed by atoms with van der Waals surface area (Å²) in [5, 5.41) is 2.84. The Morgan fingerprint density at radius 1 is 1.36 bits per heavy atom. The Bertz CT molecular complexity index is 186. The minimum absolute atomic E-state index is 0.000746. The fraction of sp³-hybridized carbons (Fsp3) is 0.889. The zero-order chi connectivity index (χ0) is 10.6. The lowest BCUT2D eigenvalue weighted by Crippen LogP contribution is -2.36. The molecule has 0 aromatic heterocycles. The summed E-state index contributed by atoms with van der Waals surface area (Å²) >= 11 is 0. The second kappa shape index (κ2) is 5.29. The molecule has 0 bridgehead atoms. The summed E-state index contributed by atoms with van der Waals surface area (Å²) in [5.41, 5.74) is 0. The molecular weight excluding hydrogens is 184 g/mol. The third-order valence-electron chi connectivity index (χ3n) is 2.50. The van der Waals surface area contributed by atoms with Gasteiger partial charge >= 0.3 is 0 Å². The van der Waals surface area contributed by atoms with Gasteiger partial charge in [-0.25, -0.2) is 0 Å². The highest BCUT2D eigenvalue weighted by atomic mass is 16.5. The van der Waals surface area contributed by atoms with Crippen molar-refractivity contribution in [2.24, 2.45) is 0 Å². The van der Waals surface area contributed by atoms with Crippen LogP contribution in [0.25, 0.3) is 0 Å². The number of hydrogen-bond acceptors (Lipinski definition) is 4. The van der Waals surface area contributed by atoms with Gasteiger partial charge in [0.2, 0.25) is 5.91 Å². The molecule has 0 aromatic rings. The third kappa shape index (κ3) is 2.43.